The third kappa shape index (κ3) is 3.18. The average Bonchev–Trinajstić information content (AvgIpc) is 2.49. The average molecular weight is 372 g/mol. The number of aliphatic hydroxyl groups excluding tert-OH is 1. The number of hydrogen-bond donors (Lipinski definition) is 1. The summed E-state index contributed by atoms with van der Waals surface area (Å²) < 4.78 is 11.3. The molecule has 2 aromatic carbocycles. The second kappa shape index (κ2) is 6.69. The number of aryl methyl sites for hydroxylation is 1. The Kier molecular flexibility index (Phi) is 5.14. The molecule has 0 aliphatic rings. The molecule has 0 saturated heterocycles. The van der Waals surface area contributed by atoms with Gasteiger partial charge in [-0.05, 0) is 52.2 Å². The minimum atomic E-state index is -0.807. The zero-order valence-electron chi connectivity index (χ0n) is 12.0. The summed E-state index contributed by atoms with van der Waals surface area (Å²) in [4.78, 5) is 0. The van der Waals surface area contributed by atoms with Crippen molar-refractivity contribution in [2.45, 2.75) is 13.0 Å². The lowest BCUT2D eigenvalue weighted by molar-refractivity contribution is 0.214. The van der Waals surface area contributed by atoms with Crippen LogP contribution in [0.4, 0.5) is 0 Å². The number of ether oxygens (including phenoxy) is 2. The predicted molar refractivity (Wildman–Crippen MR) is 87.5 cm³/mol. The molecular weight excluding hydrogens is 356 g/mol. The number of rotatable bonds is 4. The van der Waals surface area contributed by atoms with E-state index in [1.54, 1.807) is 38.5 Å². The molecule has 0 spiro atoms. The molecular formula is C16H16BrClO3. The molecule has 0 aliphatic carbocycles. The van der Waals surface area contributed by atoms with E-state index in [-0.39, 0.29) is 0 Å². The molecule has 1 N–H and O–H groups in total. The summed E-state index contributed by atoms with van der Waals surface area (Å²) in [5.74, 6) is 1.20. The number of methoxy groups -OCH3 is 2. The van der Waals surface area contributed by atoms with Crippen molar-refractivity contribution in [3.8, 4) is 11.5 Å². The number of halogens is 2. The van der Waals surface area contributed by atoms with E-state index in [1.165, 1.54) is 0 Å². The van der Waals surface area contributed by atoms with Gasteiger partial charge in [0.15, 0.2) is 0 Å². The Hall–Kier alpha value is -1.23. The Bertz CT molecular complexity index is 658. The molecule has 1 unspecified atom stereocenters. The lowest BCUT2D eigenvalue weighted by atomic mass is 9.99. The summed E-state index contributed by atoms with van der Waals surface area (Å²) >= 11 is 9.46. The van der Waals surface area contributed by atoms with Gasteiger partial charge in [0.2, 0.25) is 0 Å². The summed E-state index contributed by atoms with van der Waals surface area (Å²) in [6.07, 6.45) is -0.807. The molecule has 112 valence electrons. The van der Waals surface area contributed by atoms with Gasteiger partial charge in [-0.3, -0.25) is 0 Å². The zero-order chi connectivity index (χ0) is 15.6. The molecule has 0 amide bonds. The van der Waals surface area contributed by atoms with Crippen LogP contribution in [0.1, 0.15) is 22.8 Å². The highest BCUT2D eigenvalue weighted by atomic mass is 79.9. The van der Waals surface area contributed by atoms with Crippen LogP contribution in [0.25, 0.3) is 0 Å². The first-order chi connectivity index (χ1) is 9.99. The van der Waals surface area contributed by atoms with Gasteiger partial charge < -0.3 is 14.6 Å². The van der Waals surface area contributed by atoms with E-state index >= 15 is 0 Å². The minimum absolute atomic E-state index is 0.550. The van der Waals surface area contributed by atoms with Gasteiger partial charge >= 0.3 is 0 Å². The predicted octanol–water partition coefficient (Wildman–Crippen LogP) is 4.51. The van der Waals surface area contributed by atoms with Crippen LogP contribution in [-0.4, -0.2) is 19.3 Å². The van der Waals surface area contributed by atoms with Gasteiger partial charge in [0.25, 0.3) is 0 Å². The van der Waals surface area contributed by atoms with E-state index in [2.05, 4.69) is 15.9 Å². The van der Waals surface area contributed by atoms with Gasteiger partial charge in [-0.15, -0.1) is 0 Å². The second-order valence-electron chi connectivity index (χ2n) is 4.62. The highest BCUT2D eigenvalue weighted by Crippen LogP contribution is 2.41. The Morgan fingerprint density at radius 3 is 2.43 bits per heavy atom. The fraction of sp³-hybridized carbons (Fsp3) is 0.250. The highest BCUT2D eigenvalue weighted by Gasteiger charge is 2.20. The maximum atomic E-state index is 10.6. The molecule has 0 radical (unpaired) electrons. The molecule has 1 atom stereocenters. The molecule has 2 aromatic rings. The van der Waals surface area contributed by atoms with Gasteiger partial charge in [0, 0.05) is 10.6 Å². The molecule has 3 nitrogen and oxygen atoms in total. The summed E-state index contributed by atoms with van der Waals surface area (Å²) in [7, 11) is 3.14. The first kappa shape index (κ1) is 16.1. The lowest BCUT2D eigenvalue weighted by Crippen LogP contribution is -2.04. The van der Waals surface area contributed by atoms with Crippen molar-refractivity contribution < 1.29 is 14.6 Å². The molecule has 0 bridgehead atoms. The van der Waals surface area contributed by atoms with Crippen LogP contribution in [0, 0.1) is 6.92 Å². The van der Waals surface area contributed by atoms with Gasteiger partial charge in [-0.2, -0.15) is 0 Å². The Balaban J connectivity index is 2.50. The third-order valence-electron chi connectivity index (χ3n) is 3.31. The highest BCUT2D eigenvalue weighted by molar-refractivity contribution is 9.10. The van der Waals surface area contributed by atoms with Crippen LogP contribution in [-0.2, 0) is 0 Å². The molecule has 0 saturated carbocycles. The molecule has 21 heavy (non-hydrogen) atoms. The van der Waals surface area contributed by atoms with E-state index in [0.717, 1.165) is 11.1 Å². The van der Waals surface area contributed by atoms with Crippen molar-refractivity contribution in [1.29, 1.82) is 0 Å². The first-order valence-electron chi connectivity index (χ1n) is 6.34. The van der Waals surface area contributed by atoms with Crippen molar-refractivity contribution in [3.63, 3.8) is 0 Å². The van der Waals surface area contributed by atoms with Gasteiger partial charge in [0.05, 0.1) is 14.2 Å². The SMILES string of the molecule is COc1ccc(C(O)c2ccc(Cl)c(C)c2)c(OC)c1Br. The van der Waals surface area contributed by atoms with E-state index in [4.69, 9.17) is 21.1 Å². The van der Waals surface area contributed by atoms with Crippen molar-refractivity contribution in [1.82, 2.24) is 0 Å². The maximum absolute atomic E-state index is 10.6. The van der Waals surface area contributed by atoms with Crippen molar-refractivity contribution >= 4 is 27.5 Å². The van der Waals surface area contributed by atoms with E-state index in [0.29, 0.717) is 26.6 Å². The van der Waals surface area contributed by atoms with Crippen molar-refractivity contribution in [2.24, 2.45) is 0 Å². The lowest BCUT2D eigenvalue weighted by Gasteiger charge is -2.18. The van der Waals surface area contributed by atoms with Gasteiger partial charge in [0.1, 0.15) is 22.1 Å². The summed E-state index contributed by atoms with van der Waals surface area (Å²) in [5, 5.41) is 11.3. The number of aliphatic hydroxyl groups is 1. The molecule has 0 aliphatic heterocycles. The Morgan fingerprint density at radius 2 is 1.86 bits per heavy atom. The molecule has 0 fully saturated rings. The van der Waals surface area contributed by atoms with E-state index in [9.17, 15) is 5.11 Å². The third-order valence-corrected chi connectivity index (χ3v) is 4.48. The molecule has 0 heterocycles. The van der Waals surface area contributed by atoms with E-state index < -0.39 is 6.10 Å². The standard InChI is InChI=1S/C16H16BrClO3/c1-9-8-10(4-6-12(9)18)15(19)11-5-7-13(20-2)14(17)16(11)21-3/h4-8,15,19H,1-3H3. The van der Waals surface area contributed by atoms with Crippen LogP contribution in [0.15, 0.2) is 34.8 Å². The van der Waals surface area contributed by atoms with Crippen molar-refractivity contribution in [2.75, 3.05) is 14.2 Å². The largest absolute Gasteiger partial charge is 0.495 e. The molecule has 5 heteroatoms. The monoisotopic (exact) mass is 370 g/mol. The summed E-state index contributed by atoms with van der Waals surface area (Å²) in [5.41, 5.74) is 2.33. The van der Waals surface area contributed by atoms with Crippen LogP contribution >= 0.6 is 27.5 Å². The normalized spacial score (nSPS) is 12.1. The Labute approximate surface area is 137 Å². The molecule has 0 aromatic heterocycles. The van der Waals surface area contributed by atoms with Crippen molar-refractivity contribution in [3.05, 3.63) is 56.5 Å². The maximum Gasteiger partial charge on any atom is 0.142 e. The van der Waals surface area contributed by atoms with Gasteiger partial charge in [-0.1, -0.05) is 23.7 Å². The first-order valence-corrected chi connectivity index (χ1v) is 7.51. The minimum Gasteiger partial charge on any atom is -0.495 e. The van der Waals surface area contributed by atoms with Crippen LogP contribution in [0.3, 0.4) is 0 Å². The topological polar surface area (TPSA) is 38.7 Å². The van der Waals surface area contributed by atoms with Crippen LogP contribution < -0.4 is 9.47 Å². The number of benzene rings is 2. The second-order valence-corrected chi connectivity index (χ2v) is 5.82. The smallest absolute Gasteiger partial charge is 0.142 e. The fourth-order valence-corrected chi connectivity index (χ4v) is 2.95. The Morgan fingerprint density at radius 1 is 1.14 bits per heavy atom. The molecule has 2 rings (SSSR count). The van der Waals surface area contributed by atoms with Gasteiger partial charge in [-0.25, -0.2) is 0 Å². The van der Waals surface area contributed by atoms with Crippen LogP contribution in [0.2, 0.25) is 5.02 Å². The summed E-state index contributed by atoms with van der Waals surface area (Å²) in [6.45, 7) is 1.90. The zero-order valence-corrected chi connectivity index (χ0v) is 14.3. The fourth-order valence-electron chi connectivity index (χ4n) is 2.15. The van der Waals surface area contributed by atoms with E-state index in [1.807, 2.05) is 13.0 Å². The summed E-state index contributed by atoms with van der Waals surface area (Å²) in [6, 6.07) is 9.02. The number of hydrogen-bond acceptors (Lipinski definition) is 3. The quantitative estimate of drug-likeness (QED) is 0.859. The van der Waals surface area contributed by atoms with Crippen LogP contribution in [0.5, 0.6) is 11.5 Å².